The van der Waals surface area contributed by atoms with E-state index in [2.05, 4.69) is 5.32 Å². The van der Waals surface area contributed by atoms with Crippen LogP contribution < -0.4 is 5.32 Å². The van der Waals surface area contributed by atoms with Gasteiger partial charge in [-0.3, -0.25) is 4.79 Å². The van der Waals surface area contributed by atoms with E-state index >= 15 is 0 Å². The van der Waals surface area contributed by atoms with Crippen molar-refractivity contribution in [3.05, 3.63) is 35.6 Å². The third kappa shape index (κ3) is 4.40. The highest BCUT2D eigenvalue weighted by atomic mass is 19.1. The standard InChI is InChI=1S/C12H16FNO2/c1-9(2)14-7-12(15)16-8-10-5-3-4-6-11(10)13/h3-6,9,14H,7-8H2,1-2H3. The minimum Gasteiger partial charge on any atom is -0.460 e. The Morgan fingerprint density at radius 1 is 1.44 bits per heavy atom. The molecule has 0 aliphatic carbocycles. The molecule has 0 saturated carbocycles. The van der Waals surface area contributed by atoms with E-state index in [-0.39, 0.29) is 31.0 Å². The van der Waals surface area contributed by atoms with Crippen LogP contribution >= 0.6 is 0 Å². The third-order valence-corrected chi connectivity index (χ3v) is 2.00. The summed E-state index contributed by atoms with van der Waals surface area (Å²) in [6.45, 7) is 3.99. The molecule has 1 aromatic carbocycles. The number of esters is 1. The number of rotatable bonds is 5. The molecule has 0 aliphatic heterocycles. The average molecular weight is 225 g/mol. The molecule has 0 unspecified atom stereocenters. The Labute approximate surface area is 94.6 Å². The van der Waals surface area contributed by atoms with Gasteiger partial charge in [-0.2, -0.15) is 0 Å². The number of carbonyl (C=O) groups is 1. The van der Waals surface area contributed by atoms with Crippen LogP contribution in [0.25, 0.3) is 0 Å². The van der Waals surface area contributed by atoms with Gasteiger partial charge in [0.1, 0.15) is 12.4 Å². The second-order valence-corrected chi connectivity index (χ2v) is 3.79. The summed E-state index contributed by atoms with van der Waals surface area (Å²) >= 11 is 0. The first-order valence-electron chi connectivity index (χ1n) is 5.22. The molecular weight excluding hydrogens is 209 g/mol. The van der Waals surface area contributed by atoms with Gasteiger partial charge in [-0.05, 0) is 6.07 Å². The van der Waals surface area contributed by atoms with Gasteiger partial charge in [0.2, 0.25) is 0 Å². The molecule has 3 nitrogen and oxygen atoms in total. The molecule has 0 fully saturated rings. The van der Waals surface area contributed by atoms with Gasteiger partial charge in [0.25, 0.3) is 0 Å². The maximum atomic E-state index is 13.1. The van der Waals surface area contributed by atoms with Crippen LogP contribution in [0.2, 0.25) is 0 Å². The lowest BCUT2D eigenvalue weighted by Gasteiger charge is -2.08. The Morgan fingerprint density at radius 3 is 2.75 bits per heavy atom. The fourth-order valence-corrected chi connectivity index (χ4v) is 1.11. The Balaban J connectivity index is 2.35. The minimum absolute atomic E-state index is 0.0225. The number of halogens is 1. The van der Waals surface area contributed by atoms with Crippen LogP contribution in [0.1, 0.15) is 19.4 Å². The van der Waals surface area contributed by atoms with Gasteiger partial charge in [-0.25, -0.2) is 4.39 Å². The highest BCUT2D eigenvalue weighted by Gasteiger charge is 2.06. The third-order valence-electron chi connectivity index (χ3n) is 2.00. The Hall–Kier alpha value is -1.42. The van der Waals surface area contributed by atoms with Crippen molar-refractivity contribution >= 4 is 5.97 Å². The summed E-state index contributed by atoms with van der Waals surface area (Å²) in [5, 5.41) is 2.93. The smallest absolute Gasteiger partial charge is 0.320 e. The van der Waals surface area contributed by atoms with Crippen molar-refractivity contribution < 1.29 is 13.9 Å². The summed E-state index contributed by atoms with van der Waals surface area (Å²) in [5.41, 5.74) is 0.389. The summed E-state index contributed by atoms with van der Waals surface area (Å²) in [7, 11) is 0. The maximum Gasteiger partial charge on any atom is 0.320 e. The van der Waals surface area contributed by atoms with Gasteiger partial charge in [-0.15, -0.1) is 0 Å². The topological polar surface area (TPSA) is 38.3 Å². The molecule has 0 bridgehead atoms. The van der Waals surface area contributed by atoms with E-state index in [4.69, 9.17) is 4.74 Å². The van der Waals surface area contributed by atoms with Crippen molar-refractivity contribution in [2.24, 2.45) is 0 Å². The highest BCUT2D eigenvalue weighted by Crippen LogP contribution is 2.07. The predicted molar refractivity (Wildman–Crippen MR) is 59.3 cm³/mol. The Kier molecular flexibility index (Phi) is 4.92. The molecule has 1 aromatic rings. The van der Waals surface area contributed by atoms with Crippen molar-refractivity contribution in [1.29, 1.82) is 0 Å². The molecule has 0 spiro atoms. The van der Waals surface area contributed by atoms with Crippen molar-refractivity contribution in [2.45, 2.75) is 26.5 Å². The second kappa shape index (κ2) is 6.23. The number of hydrogen-bond donors (Lipinski definition) is 1. The van der Waals surface area contributed by atoms with Crippen LogP contribution in [0.4, 0.5) is 4.39 Å². The lowest BCUT2D eigenvalue weighted by Crippen LogP contribution is -2.30. The molecular formula is C12H16FNO2. The Morgan fingerprint density at radius 2 is 2.12 bits per heavy atom. The minimum atomic E-state index is -0.378. The number of hydrogen-bond acceptors (Lipinski definition) is 3. The van der Waals surface area contributed by atoms with Crippen molar-refractivity contribution in [2.75, 3.05) is 6.54 Å². The molecule has 16 heavy (non-hydrogen) atoms. The number of carbonyl (C=O) groups excluding carboxylic acids is 1. The van der Waals surface area contributed by atoms with Crippen LogP contribution in [-0.2, 0) is 16.1 Å². The van der Waals surface area contributed by atoms with E-state index in [0.717, 1.165) is 0 Å². The van der Waals surface area contributed by atoms with E-state index < -0.39 is 0 Å². The predicted octanol–water partition coefficient (Wildman–Crippen LogP) is 1.87. The lowest BCUT2D eigenvalue weighted by molar-refractivity contribution is -0.144. The van der Waals surface area contributed by atoms with Crippen molar-refractivity contribution in [1.82, 2.24) is 5.32 Å². The summed E-state index contributed by atoms with van der Waals surface area (Å²) in [6.07, 6.45) is 0. The number of ether oxygens (including phenoxy) is 1. The Bertz CT molecular complexity index is 353. The zero-order chi connectivity index (χ0) is 12.0. The summed E-state index contributed by atoms with van der Waals surface area (Å²) in [4.78, 5) is 11.2. The zero-order valence-electron chi connectivity index (χ0n) is 9.50. The van der Waals surface area contributed by atoms with Gasteiger partial charge in [0, 0.05) is 11.6 Å². The molecule has 0 aliphatic rings. The van der Waals surface area contributed by atoms with Gasteiger partial charge in [-0.1, -0.05) is 32.0 Å². The summed E-state index contributed by atoms with van der Waals surface area (Å²) < 4.78 is 18.1. The monoisotopic (exact) mass is 225 g/mol. The summed E-state index contributed by atoms with van der Waals surface area (Å²) in [5.74, 6) is -0.732. The van der Waals surface area contributed by atoms with Crippen LogP contribution in [0.5, 0.6) is 0 Å². The SMILES string of the molecule is CC(C)NCC(=O)OCc1ccccc1F. The molecule has 0 aromatic heterocycles. The first kappa shape index (κ1) is 12.6. The van der Waals surface area contributed by atoms with Gasteiger partial charge in [0.15, 0.2) is 0 Å². The molecule has 0 saturated heterocycles. The fourth-order valence-electron chi connectivity index (χ4n) is 1.11. The van der Waals surface area contributed by atoms with E-state index in [1.54, 1.807) is 18.2 Å². The lowest BCUT2D eigenvalue weighted by atomic mass is 10.2. The largest absolute Gasteiger partial charge is 0.460 e. The normalized spacial score (nSPS) is 10.5. The first-order chi connectivity index (χ1) is 7.59. The van der Waals surface area contributed by atoms with E-state index in [0.29, 0.717) is 5.56 Å². The second-order valence-electron chi connectivity index (χ2n) is 3.79. The van der Waals surface area contributed by atoms with E-state index in [1.807, 2.05) is 13.8 Å². The maximum absolute atomic E-state index is 13.1. The van der Waals surface area contributed by atoms with Crippen molar-refractivity contribution in [3.63, 3.8) is 0 Å². The van der Waals surface area contributed by atoms with Gasteiger partial charge >= 0.3 is 5.97 Å². The van der Waals surface area contributed by atoms with Crippen molar-refractivity contribution in [3.8, 4) is 0 Å². The number of benzene rings is 1. The zero-order valence-corrected chi connectivity index (χ0v) is 9.50. The highest BCUT2D eigenvalue weighted by molar-refractivity contribution is 5.71. The molecule has 0 amide bonds. The van der Waals surface area contributed by atoms with E-state index in [9.17, 15) is 9.18 Å². The molecule has 0 radical (unpaired) electrons. The average Bonchev–Trinajstić information content (AvgIpc) is 2.25. The molecule has 0 heterocycles. The van der Waals surface area contributed by atoms with Crippen LogP contribution in [0.15, 0.2) is 24.3 Å². The molecule has 1 rings (SSSR count). The molecule has 1 N–H and O–H groups in total. The number of nitrogens with one attached hydrogen (secondary N) is 1. The van der Waals surface area contributed by atoms with Gasteiger partial charge < -0.3 is 10.1 Å². The van der Waals surface area contributed by atoms with Gasteiger partial charge in [0.05, 0.1) is 6.54 Å². The van der Waals surface area contributed by atoms with Crippen LogP contribution in [-0.4, -0.2) is 18.6 Å². The molecule has 0 atom stereocenters. The molecule has 88 valence electrons. The molecule has 4 heteroatoms. The fraction of sp³-hybridized carbons (Fsp3) is 0.417. The van der Waals surface area contributed by atoms with Crippen LogP contribution in [0, 0.1) is 5.82 Å². The van der Waals surface area contributed by atoms with E-state index in [1.165, 1.54) is 6.07 Å². The first-order valence-corrected chi connectivity index (χ1v) is 5.22. The quantitative estimate of drug-likeness (QED) is 0.777. The summed E-state index contributed by atoms with van der Waals surface area (Å²) in [6, 6.07) is 6.47. The van der Waals surface area contributed by atoms with Crippen LogP contribution in [0.3, 0.4) is 0 Å².